The van der Waals surface area contributed by atoms with Crippen molar-refractivity contribution in [1.82, 2.24) is 40.4 Å². The first kappa shape index (κ1) is 71.8. The number of alkyl halides is 4. The molecule has 2 radical (unpaired) electrons. The van der Waals surface area contributed by atoms with Crippen molar-refractivity contribution in [2.24, 2.45) is 46.3 Å². The van der Waals surface area contributed by atoms with Crippen molar-refractivity contribution >= 4 is 58.6 Å². The Morgan fingerprint density at radius 2 is 1.08 bits per heavy atom. The Hall–Kier alpha value is -6.05. The monoisotopic (exact) mass is 1360 g/mol. The van der Waals surface area contributed by atoms with E-state index in [2.05, 4.69) is 30.6 Å². The second kappa shape index (κ2) is 28.1. The van der Waals surface area contributed by atoms with Gasteiger partial charge in [-0.15, -0.1) is 0 Å². The summed E-state index contributed by atoms with van der Waals surface area (Å²) < 4.78 is 109. The topological polar surface area (TPSA) is 258 Å². The first-order valence-electron chi connectivity index (χ1n) is 30.8. The van der Waals surface area contributed by atoms with Gasteiger partial charge in [-0.05, 0) is 111 Å². The summed E-state index contributed by atoms with van der Waals surface area (Å²) in [5.74, 6) is -8.90. The molecule has 4 bridgehead atoms. The van der Waals surface area contributed by atoms with Crippen molar-refractivity contribution in [3.63, 3.8) is 0 Å². The number of nitrogens with one attached hydrogen (secondary N) is 2. The van der Waals surface area contributed by atoms with Gasteiger partial charge in [-0.1, -0.05) is 67.5 Å². The van der Waals surface area contributed by atoms with Crippen LogP contribution in [0.25, 0.3) is 22.1 Å². The molecule has 3 aliphatic carbocycles. The number of rotatable bonds is 4. The van der Waals surface area contributed by atoms with Crippen molar-refractivity contribution in [3.05, 3.63) is 47.8 Å². The first-order valence-corrected chi connectivity index (χ1v) is 30.8. The van der Waals surface area contributed by atoms with Crippen molar-refractivity contribution in [2.45, 2.75) is 167 Å². The van der Waals surface area contributed by atoms with E-state index in [1.165, 1.54) is 36.2 Å². The number of alkyl carbamates (subject to hydrolysis) is 2. The van der Waals surface area contributed by atoms with E-state index in [0.29, 0.717) is 49.0 Å². The standard InChI is InChI=1S/C32H39F2N4O7.C32H41F2N4O7.2V/c1-16-23(14-39)38-13-25(16)44-28-26(35-21-7-6-18(42-5)12-22(21)36-28)32(33,34)15-43-9-8-19-20-10-17(20)11-24(19)45-30(41)37-27(29(38)40)31(2,3)4;1-18-23(16-39)38-15-24(18)44-27-25(35-21-10-9-20(42-6)14-22(21)36-27)32(33,34)17-43-13-11-19-8-7-12-31(19,5)45-29(41)37-26(28(38)40)30(2,3)4;;/h6-7,12,16-17,19-20,23-25,27H,8-11,13,15H2,1-5H3,(H,37,41);9-10,14,18-19,23-24,26H,7-8,11-13,15,17H2,1-6H3,(H,37,41);;/q2*-1;;/t16-,17?,19+,20?,23+,24+,25-,27+;18-,19-,23+,24-,26+,31+;;/m00../s1. The molecule has 11 rings (SSSR count). The van der Waals surface area contributed by atoms with Crippen LogP contribution >= 0.6 is 0 Å². The van der Waals surface area contributed by atoms with Gasteiger partial charge >= 0.3 is 24.0 Å². The largest absolute Gasteiger partial charge is 0.540 e. The summed E-state index contributed by atoms with van der Waals surface area (Å²) in [6.45, 7) is 13.8. The average Bonchev–Trinajstić information content (AvgIpc) is 1.75. The van der Waals surface area contributed by atoms with Gasteiger partial charge in [0, 0.05) is 74.3 Å². The van der Waals surface area contributed by atoms with E-state index in [1.54, 1.807) is 79.7 Å². The SMILES string of the molecule is COc1ccc2nc3c(nc2c1)O[C@H]1CN(C(=O)[C@H](C(C)(C)C)NC(=O)O[C@@H]2CC4CC4[C@H]2CCOCC3(F)F)[C@H]([C-]=O)[C@@H]1C.COc1ccc2nc3c(nc2c1)O[C@H]1CN(C(=O)[C@H](C(C)(C)C)NC(=O)O[C@]2(C)CCC[C@H]2CCOCC3(F)F)[C@H]([C-]=O)[C@@H]1C.[V].[V]. The summed E-state index contributed by atoms with van der Waals surface area (Å²) in [6.07, 6.45) is 4.71. The predicted octanol–water partition coefficient (Wildman–Crippen LogP) is 8.57. The molecule has 2 saturated heterocycles. The molecule has 92 heavy (non-hydrogen) atoms. The van der Waals surface area contributed by atoms with Crippen LogP contribution in [0.2, 0.25) is 0 Å². The molecule has 2 unspecified atom stereocenters. The first-order chi connectivity index (χ1) is 42.5. The number of hydrogen-bond donors (Lipinski definition) is 2. The number of aromatic nitrogens is 4. The summed E-state index contributed by atoms with van der Waals surface area (Å²) in [4.78, 5) is 98.9. The molecule has 5 fully saturated rings. The number of hydrogen-bond acceptors (Lipinski definition) is 18. The molecular formula is C64H80F4N8O14V2-2. The number of fused-ring (bicyclic) bond motifs is 12. The van der Waals surface area contributed by atoms with Crippen LogP contribution in [-0.2, 0) is 87.1 Å². The minimum absolute atomic E-state index is 0. The summed E-state index contributed by atoms with van der Waals surface area (Å²) >= 11 is 0. The second-order valence-electron chi connectivity index (χ2n) is 27.4. The summed E-state index contributed by atoms with van der Waals surface area (Å²) in [7, 11) is 2.95. The number of carbonyl (C=O) groups is 4. The number of ether oxygens (including phenoxy) is 8. The molecule has 2 N–H and O–H groups in total. The minimum atomic E-state index is -3.60. The predicted molar refractivity (Wildman–Crippen MR) is 315 cm³/mol. The van der Waals surface area contributed by atoms with Gasteiger partial charge in [0.15, 0.2) is 11.4 Å². The van der Waals surface area contributed by atoms with Gasteiger partial charge in [-0.3, -0.25) is 9.59 Å². The Morgan fingerprint density at radius 1 is 0.609 bits per heavy atom. The van der Waals surface area contributed by atoms with Gasteiger partial charge in [0.25, 0.3) is 0 Å². The Labute approximate surface area is 555 Å². The van der Waals surface area contributed by atoms with E-state index in [4.69, 9.17) is 37.9 Å². The third-order valence-corrected chi connectivity index (χ3v) is 19.0. The molecule has 3 saturated carbocycles. The maximum absolute atomic E-state index is 15.9. The number of methoxy groups -OCH3 is 2. The third-order valence-electron chi connectivity index (χ3n) is 19.0. The van der Waals surface area contributed by atoms with Crippen LogP contribution in [0.1, 0.15) is 119 Å². The molecule has 4 aromatic rings. The molecule has 2 aromatic carbocycles. The van der Waals surface area contributed by atoms with Crippen molar-refractivity contribution < 1.29 is 121 Å². The number of halogens is 4. The summed E-state index contributed by atoms with van der Waals surface area (Å²) in [5, 5.41) is 5.53. The molecule has 14 atom stereocenters. The molecule has 500 valence electrons. The fourth-order valence-electron chi connectivity index (χ4n) is 13.6. The zero-order chi connectivity index (χ0) is 65.0. The normalized spacial score (nSPS) is 31.6. The van der Waals surface area contributed by atoms with E-state index in [9.17, 15) is 28.8 Å². The number of amides is 4. The van der Waals surface area contributed by atoms with Gasteiger partial charge in [0.05, 0.1) is 49.4 Å². The van der Waals surface area contributed by atoms with E-state index in [0.717, 1.165) is 19.3 Å². The molecular weight excluding hydrogens is 1280 g/mol. The van der Waals surface area contributed by atoms with Gasteiger partial charge in [0.2, 0.25) is 23.6 Å². The molecule has 4 amide bonds. The van der Waals surface area contributed by atoms with Crippen LogP contribution in [0.4, 0.5) is 27.2 Å². The van der Waals surface area contributed by atoms with E-state index in [-0.39, 0.29) is 97.3 Å². The second-order valence-corrected chi connectivity index (χ2v) is 27.4. The zero-order valence-electron chi connectivity index (χ0n) is 53.5. The molecule has 0 spiro atoms. The van der Waals surface area contributed by atoms with Gasteiger partial charge < -0.3 is 67.9 Å². The molecule has 6 heterocycles. The number of carbonyl (C=O) groups excluding carboxylic acids is 6. The molecule has 22 nitrogen and oxygen atoms in total. The maximum atomic E-state index is 15.9. The number of nitrogens with zero attached hydrogens (tertiary/aromatic N) is 6. The van der Waals surface area contributed by atoms with Crippen molar-refractivity contribution in [3.8, 4) is 23.3 Å². The smallest absolute Gasteiger partial charge is 0.408 e. The average molecular weight is 1360 g/mol. The Morgan fingerprint density at radius 3 is 1.53 bits per heavy atom. The third kappa shape index (κ3) is 15.0. The Bertz CT molecular complexity index is 3270. The van der Waals surface area contributed by atoms with Crippen LogP contribution in [0, 0.1) is 46.3 Å². The van der Waals surface area contributed by atoms with Crippen LogP contribution in [0.5, 0.6) is 23.3 Å². The fraction of sp³-hybridized carbons (Fsp3) is 0.656. The van der Waals surface area contributed by atoms with Crippen LogP contribution in [-0.4, -0.2) is 168 Å². The molecule has 4 aliphatic heterocycles. The van der Waals surface area contributed by atoms with Crippen molar-refractivity contribution in [1.29, 1.82) is 0 Å². The van der Waals surface area contributed by atoms with Gasteiger partial charge in [-0.2, -0.15) is 17.6 Å². The van der Waals surface area contributed by atoms with E-state index >= 15 is 17.6 Å². The quantitative estimate of drug-likeness (QED) is 0.143. The summed E-state index contributed by atoms with van der Waals surface area (Å²) in [5.41, 5.74) is -2.85. The maximum Gasteiger partial charge on any atom is 0.408 e. The minimum Gasteiger partial charge on any atom is -0.540 e. The summed E-state index contributed by atoms with van der Waals surface area (Å²) in [6, 6.07) is 5.14. The van der Waals surface area contributed by atoms with Crippen LogP contribution in [0.15, 0.2) is 36.4 Å². The molecule has 7 aliphatic rings. The number of benzene rings is 2. The molecule has 2 aromatic heterocycles. The Balaban J connectivity index is 0.000000232. The van der Waals surface area contributed by atoms with E-state index < -0.39 is 143 Å². The Kier molecular flexibility index (Phi) is 21.9. The molecule has 28 heteroatoms. The fourth-order valence-corrected chi connectivity index (χ4v) is 13.6. The van der Waals surface area contributed by atoms with Crippen LogP contribution < -0.4 is 29.6 Å². The van der Waals surface area contributed by atoms with Crippen molar-refractivity contribution in [2.75, 3.05) is 53.7 Å². The van der Waals surface area contributed by atoms with E-state index in [1.807, 2.05) is 19.5 Å². The zero-order valence-corrected chi connectivity index (χ0v) is 56.3. The van der Waals surface area contributed by atoms with Gasteiger partial charge in [0.1, 0.15) is 60.7 Å². The van der Waals surface area contributed by atoms with Gasteiger partial charge in [-0.25, -0.2) is 42.1 Å². The van der Waals surface area contributed by atoms with Crippen LogP contribution in [0.3, 0.4) is 0 Å².